The number of aromatic nitrogens is 4. The second-order valence-corrected chi connectivity index (χ2v) is 6.48. The predicted molar refractivity (Wildman–Crippen MR) is 97.8 cm³/mol. The van der Waals surface area contributed by atoms with Gasteiger partial charge in [-0.05, 0) is 50.6 Å². The summed E-state index contributed by atoms with van der Waals surface area (Å²) in [5.74, 6) is -0.0913. The van der Waals surface area contributed by atoms with E-state index in [1.54, 1.807) is 16.6 Å². The fraction of sp³-hybridized carbons (Fsp3) is 0.211. The van der Waals surface area contributed by atoms with Gasteiger partial charge in [0.2, 0.25) is 5.91 Å². The summed E-state index contributed by atoms with van der Waals surface area (Å²) in [6.45, 7) is 5.72. The van der Waals surface area contributed by atoms with E-state index in [0.29, 0.717) is 11.5 Å². The van der Waals surface area contributed by atoms with Crippen LogP contribution in [0.3, 0.4) is 0 Å². The molecule has 1 amide bonds. The third-order valence-corrected chi connectivity index (χ3v) is 4.42. The van der Waals surface area contributed by atoms with Gasteiger partial charge in [0.15, 0.2) is 11.5 Å². The number of benzene rings is 1. The summed E-state index contributed by atoms with van der Waals surface area (Å²) in [5.41, 5.74) is 4.97. The van der Waals surface area contributed by atoms with Crippen LogP contribution in [0.4, 0.5) is 10.2 Å². The zero-order chi connectivity index (χ0) is 18.4. The first-order valence-corrected chi connectivity index (χ1v) is 8.31. The van der Waals surface area contributed by atoms with E-state index in [0.717, 1.165) is 33.5 Å². The number of amides is 1. The number of aryl methyl sites for hydroxylation is 3. The highest BCUT2D eigenvalue weighted by molar-refractivity contribution is 5.96. The molecule has 3 aromatic heterocycles. The quantitative estimate of drug-likeness (QED) is 0.594. The molecular weight excluding hydrogens is 333 g/mol. The van der Waals surface area contributed by atoms with Crippen LogP contribution < -0.4 is 5.32 Å². The van der Waals surface area contributed by atoms with Crippen LogP contribution >= 0.6 is 0 Å². The Morgan fingerprint density at radius 1 is 1.23 bits per heavy atom. The maximum atomic E-state index is 13.6. The molecule has 4 aromatic rings. The predicted octanol–water partition coefficient (Wildman–Crippen LogP) is 3.46. The summed E-state index contributed by atoms with van der Waals surface area (Å²) in [4.78, 5) is 20.1. The molecule has 7 heteroatoms. The van der Waals surface area contributed by atoms with Crippen LogP contribution in [-0.4, -0.2) is 25.5 Å². The highest BCUT2D eigenvalue weighted by atomic mass is 19.1. The minimum atomic E-state index is -0.324. The van der Waals surface area contributed by atoms with Gasteiger partial charge in [0, 0.05) is 34.1 Å². The largest absolute Gasteiger partial charge is 0.358 e. The Bertz CT molecular complexity index is 1160. The van der Waals surface area contributed by atoms with E-state index in [-0.39, 0.29) is 18.1 Å². The molecule has 0 atom stereocenters. The second-order valence-electron chi connectivity index (χ2n) is 6.48. The highest BCUT2D eigenvalue weighted by Gasteiger charge is 2.15. The van der Waals surface area contributed by atoms with Gasteiger partial charge in [-0.2, -0.15) is 0 Å². The Balaban J connectivity index is 1.61. The van der Waals surface area contributed by atoms with Crippen molar-refractivity contribution in [2.24, 2.45) is 0 Å². The zero-order valence-corrected chi connectivity index (χ0v) is 14.7. The van der Waals surface area contributed by atoms with E-state index in [1.807, 2.05) is 26.8 Å². The number of carbonyl (C=O) groups excluding carboxylic acids is 1. The van der Waals surface area contributed by atoms with Crippen LogP contribution in [0.1, 0.15) is 22.6 Å². The van der Waals surface area contributed by atoms with Crippen LogP contribution in [-0.2, 0) is 11.2 Å². The summed E-state index contributed by atoms with van der Waals surface area (Å²) < 4.78 is 15.3. The van der Waals surface area contributed by atoms with E-state index in [1.165, 1.54) is 12.1 Å². The number of halogens is 1. The van der Waals surface area contributed by atoms with Crippen LogP contribution in [0, 0.1) is 26.6 Å². The molecule has 0 bridgehead atoms. The van der Waals surface area contributed by atoms with Crippen molar-refractivity contribution >= 4 is 28.3 Å². The van der Waals surface area contributed by atoms with Gasteiger partial charge in [-0.1, -0.05) is 0 Å². The molecule has 0 fully saturated rings. The number of rotatable bonds is 3. The molecule has 0 saturated heterocycles. The van der Waals surface area contributed by atoms with Gasteiger partial charge in [-0.25, -0.2) is 13.9 Å². The first kappa shape index (κ1) is 16.3. The smallest absolute Gasteiger partial charge is 0.230 e. The lowest BCUT2D eigenvalue weighted by Gasteiger charge is -2.03. The third-order valence-electron chi connectivity index (χ3n) is 4.42. The number of H-pyrrole nitrogens is 1. The molecular formula is C19H18FN5O. The molecule has 1 aromatic carbocycles. The number of nitrogens with zero attached hydrogens (tertiary/aromatic N) is 3. The topological polar surface area (TPSA) is 75.1 Å². The number of hydrogen-bond acceptors (Lipinski definition) is 3. The summed E-state index contributed by atoms with van der Waals surface area (Å²) in [5, 5.41) is 7.90. The number of hydrogen-bond donors (Lipinski definition) is 2. The van der Waals surface area contributed by atoms with Gasteiger partial charge in [0.1, 0.15) is 5.82 Å². The SMILES string of the molecule is Cc1cc(C)n2nc(NC(=O)Cc3c(C)[nH]c4ccc(F)cc34)cc2n1. The number of carbonyl (C=O) groups is 1. The molecule has 2 N–H and O–H groups in total. The van der Waals surface area contributed by atoms with Gasteiger partial charge >= 0.3 is 0 Å². The van der Waals surface area contributed by atoms with Crippen molar-refractivity contribution in [3.05, 3.63) is 58.8 Å². The normalized spacial score (nSPS) is 11.4. The van der Waals surface area contributed by atoms with Crippen molar-refractivity contribution in [2.45, 2.75) is 27.2 Å². The summed E-state index contributed by atoms with van der Waals surface area (Å²) in [6.07, 6.45) is 0.134. The zero-order valence-electron chi connectivity index (χ0n) is 14.7. The monoisotopic (exact) mass is 351 g/mol. The standard InChI is InChI=1S/C19H18FN5O/c1-10-6-11(2)25-18(21-10)9-17(24-25)23-19(26)8-14-12(3)22-16-5-4-13(20)7-15(14)16/h4-7,9,22H,8H2,1-3H3,(H,23,24,26). The Morgan fingerprint density at radius 3 is 2.85 bits per heavy atom. The lowest BCUT2D eigenvalue weighted by molar-refractivity contribution is -0.115. The molecule has 0 radical (unpaired) electrons. The lowest BCUT2D eigenvalue weighted by atomic mass is 10.1. The van der Waals surface area contributed by atoms with Gasteiger partial charge in [-0.3, -0.25) is 4.79 Å². The van der Waals surface area contributed by atoms with Crippen LogP contribution in [0.2, 0.25) is 0 Å². The molecule has 0 spiro atoms. The molecule has 0 aliphatic carbocycles. The number of nitrogens with one attached hydrogen (secondary N) is 2. The fourth-order valence-electron chi connectivity index (χ4n) is 3.28. The molecule has 0 saturated carbocycles. The molecule has 4 rings (SSSR count). The van der Waals surface area contributed by atoms with E-state index in [4.69, 9.17) is 0 Å². The average Bonchev–Trinajstić information content (AvgIpc) is 3.09. The molecule has 26 heavy (non-hydrogen) atoms. The molecule has 6 nitrogen and oxygen atoms in total. The van der Waals surface area contributed by atoms with Crippen LogP contribution in [0.5, 0.6) is 0 Å². The van der Waals surface area contributed by atoms with E-state index < -0.39 is 0 Å². The Morgan fingerprint density at radius 2 is 2.04 bits per heavy atom. The third kappa shape index (κ3) is 2.81. The maximum Gasteiger partial charge on any atom is 0.230 e. The second kappa shape index (κ2) is 5.94. The van der Waals surface area contributed by atoms with Crippen molar-refractivity contribution in [1.82, 2.24) is 19.6 Å². The van der Waals surface area contributed by atoms with Crippen molar-refractivity contribution in [3.63, 3.8) is 0 Å². The molecule has 0 aliphatic heterocycles. The molecule has 0 unspecified atom stereocenters. The first-order valence-electron chi connectivity index (χ1n) is 8.31. The minimum absolute atomic E-state index is 0.134. The highest BCUT2D eigenvalue weighted by Crippen LogP contribution is 2.24. The Labute approximate surface area is 149 Å². The van der Waals surface area contributed by atoms with Crippen molar-refractivity contribution in [1.29, 1.82) is 0 Å². The van der Waals surface area contributed by atoms with Crippen LogP contribution in [0.15, 0.2) is 30.3 Å². The summed E-state index contributed by atoms with van der Waals surface area (Å²) >= 11 is 0. The minimum Gasteiger partial charge on any atom is -0.358 e. The maximum absolute atomic E-state index is 13.6. The van der Waals surface area contributed by atoms with Crippen molar-refractivity contribution < 1.29 is 9.18 Å². The van der Waals surface area contributed by atoms with Gasteiger partial charge in [0.25, 0.3) is 0 Å². The van der Waals surface area contributed by atoms with Crippen LogP contribution in [0.25, 0.3) is 16.6 Å². The fourth-order valence-corrected chi connectivity index (χ4v) is 3.28. The lowest BCUT2D eigenvalue weighted by Crippen LogP contribution is -2.15. The molecule has 0 aliphatic rings. The number of anilines is 1. The van der Waals surface area contributed by atoms with Crippen molar-refractivity contribution in [2.75, 3.05) is 5.32 Å². The summed E-state index contributed by atoms with van der Waals surface area (Å²) in [6, 6.07) is 8.19. The number of aromatic amines is 1. The van der Waals surface area contributed by atoms with E-state index in [9.17, 15) is 9.18 Å². The van der Waals surface area contributed by atoms with Gasteiger partial charge in [0.05, 0.1) is 6.42 Å². The van der Waals surface area contributed by atoms with Gasteiger partial charge < -0.3 is 10.3 Å². The van der Waals surface area contributed by atoms with E-state index in [2.05, 4.69) is 20.4 Å². The van der Waals surface area contributed by atoms with Crippen molar-refractivity contribution in [3.8, 4) is 0 Å². The Kier molecular flexibility index (Phi) is 3.72. The molecule has 3 heterocycles. The molecule has 132 valence electrons. The summed E-state index contributed by atoms with van der Waals surface area (Å²) in [7, 11) is 0. The van der Waals surface area contributed by atoms with E-state index >= 15 is 0 Å². The Hall–Kier alpha value is -3.22. The van der Waals surface area contributed by atoms with Gasteiger partial charge in [-0.15, -0.1) is 5.10 Å². The number of fused-ring (bicyclic) bond motifs is 2. The average molecular weight is 351 g/mol. The first-order chi connectivity index (χ1) is 12.4.